The van der Waals surface area contributed by atoms with Crippen LogP contribution in [-0.4, -0.2) is 0 Å². The first kappa shape index (κ1) is 20.3. The minimum atomic E-state index is 0.930. The van der Waals surface area contributed by atoms with Crippen LogP contribution in [0.15, 0.2) is 103 Å². The van der Waals surface area contributed by atoms with E-state index in [1.807, 2.05) is 0 Å². The van der Waals surface area contributed by atoms with Crippen molar-refractivity contribution >= 4 is 22.3 Å². The number of benzene rings is 4. The van der Waals surface area contributed by atoms with E-state index in [1.165, 1.54) is 61.2 Å². The van der Waals surface area contributed by atoms with Crippen molar-refractivity contribution < 1.29 is 0 Å². The predicted octanol–water partition coefficient (Wildman–Crippen LogP) is 8.54. The van der Waals surface area contributed by atoms with E-state index < -0.39 is 0 Å². The molecule has 0 aromatic heterocycles. The molecule has 0 saturated heterocycles. The summed E-state index contributed by atoms with van der Waals surface area (Å²) in [5.74, 6) is 0. The quantitative estimate of drug-likeness (QED) is 0.315. The summed E-state index contributed by atoms with van der Waals surface area (Å²) in [6, 6.07) is 37.9. The monoisotopic (exact) mass is 412 g/mol. The topological polar surface area (TPSA) is 0 Å². The summed E-state index contributed by atoms with van der Waals surface area (Å²) in [5, 5.41) is 0. The van der Waals surface area contributed by atoms with Crippen molar-refractivity contribution in [2.24, 2.45) is 0 Å². The molecule has 0 unspecified atom stereocenters. The molecule has 0 heterocycles. The molecule has 156 valence electrons. The van der Waals surface area contributed by atoms with Crippen LogP contribution in [0.25, 0.3) is 22.3 Å². The van der Waals surface area contributed by atoms with E-state index in [0.717, 1.165) is 6.42 Å². The fourth-order valence-corrected chi connectivity index (χ4v) is 4.62. The second-order valence-electron chi connectivity index (χ2n) is 8.85. The summed E-state index contributed by atoms with van der Waals surface area (Å²) in [4.78, 5) is 0. The van der Waals surface area contributed by atoms with Crippen molar-refractivity contribution in [1.82, 2.24) is 0 Å². The van der Waals surface area contributed by atoms with E-state index in [0.29, 0.717) is 0 Å². The molecule has 0 heteroatoms. The standard InChI is InChI=1S/C32H28/c1-22-9-15-25(16-10-22)29-21-30(26-17-11-23(2)12-18-26)32(28-19-13-24(3)14-20-28)31(29)27-7-5-4-6-8-27/h4-20H,21H2,1-3H3. The van der Waals surface area contributed by atoms with Crippen LogP contribution in [0.4, 0.5) is 0 Å². The van der Waals surface area contributed by atoms with Crippen molar-refractivity contribution in [2.75, 3.05) is 0 Å². The molecule has 1 aliphatic rings. The Bertz CT molecular complexity index is 1300. The van der Waals surface area contributed by atoms with Gasteiger partial charge in [0, 0.05) is 0 Å². The SMILES string of the molecule is Cc1ccc(C2=C(c3ccccc3)C(c3ccc(C)cc3)=C(c3ccc(C)cc3)C2)cc1. The van der Waals surface area contributed by atoms with E-state index in [9.17, 15) is 0 Å². The van der Waals surface area contributed by atoms with Crippen molar-refractivity contribution in [1.29, 1.82) is 0 Å². The summed E-state index contributed by atoms with van der Waals surface area (Å²) in [7, 11) is 0. The lowest BCUT2D eigenvalue weighted by molar-refractivity contribution is 1.38. The smallest absolute Gasteiger partial charge is 0.000111 e. The number of rotatable bonds is 4. The van der Waals surface area contributed by atoms with Crippen LogP contribution in [0.2, 0.25) is 0 Å². The molecule has 0 atom stereocenters. The highest BCUT2D eigenvalue weighted by molar-refractivity contribution is 6.27. The summed E-state index contributed by atoms with van der Waals surface area (Å²) < 4.78 is 0. The predicted molar refractivity (Wildman–Crippen MR) is 138 cm³/mol. The second kappa shape index (κ2) is 8.48. The Balaban J connectivity index is 1.79. The maximum atomic E-state index is 2.28. The third-order valence-corrected chi connectivity index (χ3v) is 6.41. The number of hydrogen-bond donors (Lipinski definition) is 0. The van der Waals surface area contributed by atoms with Gasteiger partial charge in [-0.05, 0) is 71.7 Å². The minimum absolute atomic E-state index is 0.930. The van der Waals surface area contributed by atoms with Gasteiger partial charge < -0.3 is 0 Å². The zero-order valence-corrected chi connectivity index (χ0v) is 19.0. The van der Waals surface area contributed by atoms with Crippen LogP contribution < -0.4 is 0 Å². The first-order chi connectivity index (χ1) is 15.6. The maximum absolute atomic E-state index is 2.28. The van der Waals surface area contributed by atoms with Gasteiger partial charge in [-0.2, -0.15) is 0 Å². The Morgan fingerprint density at radius 1 is 0.375 bits per heavy atom. The molecule has 4 aromatic carbocycles. The first-order valence-corrected chi connectivity index (χ1v) is 11.3. The van der Waals surface area contributed by atoms with Crippen molar-refractivity contribution in [3.63, 3.8) is 0 Å². The highest BCUT2D eigenvalue weighted by atomic mass is 14.3. The second-order valence-corrected chi connectivity index (χ2v) is 8.85. The molecule has 5 rings (SSSR count). The molecule has 0 fully saturated rings. The maximum Gasteiger partial charge on any atom is -0.000111 e. The minimum Gasteiger partial charge on any atom is -0.0622 e. The van der Waals surface area contributed by atoms with Gasteiger partial charge in [0.25, 0.3) is 0 Å². The van der Waals surface area contributed by atoms with Gasteiger partial charge in [-0.25, -0.2) is 0 Å². The third-order valence-electron chi connectivity index (χ3n) is 6.41. The molecule has 0 amide bonds. The zero-order valence-electron chi connectivity index (χ0n) is 19.0. The van der Waals surface area contributed by atoms with E-state index in [2.05, 4.69) is 124 Å². The van der Waals surface area contributed by atoms with Gasteiger partial charge >= 0.3 is 0 Å². The molecule has 0 radical (unpaired) electrons. The molecule has 0 bridgehead atoms. The third kappa shape index (κ3) is 3.85. The Morgan fingerprint density at radius 3 is 1.12 bits per heavy atom. The van der Waals surface area contributed by atoms with E-state index in [4.69, 9.17) is 0 Å². The normalized spacial score (nSPS) is 13.7. The Kier molecular flexibility index (Phi) is 5.37. The van der Waals surface area contributed by atoms with Gasteiger partial charge in [0.15, 0.2) is 0 Å². The number of allylic oxidation sites excluding steroid dienone is 4. The van der Waals surface area contributed by atoms with E-state index in [1.54, 1.807) is 0 Å². The van der Waals surface area contributed by atoms with Gasteiger partial charge in [0.2, 0.25) is 0 Å². The Labute approximate surface area is 191 Å². The molecule has 0 aliphatic heterocycles. The zero-order chi connectivity index (χ0) is 22.1. The van der Waals surface area contributed by atoms with Gasteiger partial charge in [0.05, 0.1) is 0 Å². The number of hydrogen-bond acceptors (Lipinski definition) is 0. The fraction of sp³-hybridized carbons (Fsp3) is 0.125. The summed E-state index contributed by atoms with van der Waals surface area (Å²) in [6.45, 7) is 6.46. The lowest BCUT2D eigenvalue weighted by Crippen LogP contribution is -1.92. The van der Waals surface area contributed by atoms with Gasteiger partial charge in [-0.15, -0.1) is 0 Å². The lowest BCUT2D eigenvalue weighted by Gasteiger charge is -2.15. The molecular formula is C32H28. The van der Waals surface area contributed by atoms with Crippen molar-refractivity contribution in [2.45, 2.75) is 27.2 Å². The average Bonchev–Trinajstić information content (AvgIpc) is 3.22. The van der Waals surface area contributed by atoms with Crippen LogP contribution >= 0.6 is 0 Å². The van der Waals surface area contributed by atoms with Gasteiger partial charge in [-0.3, -0.25) is 0 Å². The number of aryl methyl sites for hydroxylation is 3. The molecule has 0 N–H and O–H groups in total. The fourth-order valence-electron chi connectivity index (χ4n) is 4.62. The Hall–Kier alpha value is -3.64. The first-order valence-electron chi connectivity index (χ1n) is 11.3. The van der Waals surface area contributed by atoms with Crippen LogP contribution in [0, 0.1) is 20.8 Å². The van der Waals surface area contributed by atoms with E-state index in [-0.39, 0.29) is 0 Å². The van der Waals surface area contributed by atoms with Crippen LogP contribution in [0.1, 0.15) is 45.4 Å². The molecule has 0 saturated carbocycles. The summed E-state index contributed by atoms with van der Waals surface area (Å²) in [5.41, 5.74) is 14.6. The molecule has 1 aliphatic carbocycles. The molecule has 32 heavy (non-hydrogen) atoms. The van der Waals surface area contributed by atoms with Gasteiger partial charge in [-0.1, -0.05) is 120 Å². The molecule has 4 aromatic rings. The molecular weight excluding hydrogens is 384 g/mol. The van der Waals surface area contributed by atoms with Crippen molar-refractivity contribution in [3.05, 3.63) is 142 Å². The Morgan fingerprint density at radius 2 is 0.719 bits per heavy atom. The highest BCUT2D eigenvalue weighted by Crippen LogP contribution is 2.51. The largest absolute Gasteiger partial charge is 0.0622 e. The summed E-state index contributed by atoms with van der Waals surface area (Å²) in [6.07, 6.45) is 0.930. The van der Waals surface area contributed by atoms with Crippen LogP contribution in [-0.2, 0) is 0 Å². The van der Waals surface area contributed by atoms with E-state index >= 15 is 0 Å². The lowest BCUT2D eigenvalue weighted by atomic mass is 9.89. The molecule has 0 spiro atoms. The highest BCUT2D eigenvalue weighted by Gasteiger charge is 2.28. The van der Waals surface area contributed by atoms with Gasteiger partial charge in [0.1, 0.15) is 0 Å². The van der Waals surface area contributed by atoms with Crippen molar-refractivity contribution in [3.8, 4) is 0 Å². The average molecular weight is 413 g/mol. The molecule has 0 nitrogen and oxygen atoms in total. The van der Waals surface area contributed by atoms with Crippen LogP contribution in [0.3, 0.4) is 0 Å². The summed E-state index contributed by atoms with van der Waals surface area (Å²) >= 11 is 0. The van der Waals surface area contributed by atoms with Crippen LogP contribution in [0.5, 0.6) is 0 Å².